The van der Waals surface area contributed by atoms with Crippen molar-refractivity contribution in [3.63, 3.8) is 0 Å². The van der Waals surface area contributed by atoms with Gasteiger partial charge in [0.1, 0.15) is 17.9 Å². The standard InChI is InChI=1S/C13H17BrN2O5/c1-3-4-15-13(2,12(17)18)8-21-11-6-9(14)5-10(7-11)16(19)20/h5-7,15H,3-4,8H2,1-2H3,(H,17,18). The molecule has 1 aromatic carbocycles. The maximum absolute atomic E-state index is 11.3. The van der Waals surface area contributed by atoms with Gasteiger partial charge in [-0.05, 0) is 26.0 Å². The Morgan fingerprint density at radius 1 is 1.52 bits per heavy atom. The van der Waals surface area contributed by atoms with Crippen LogP contribution in [0.3, 0.4) is 0 Å². The number of carboxylic acid groups (broad SMARTS) is 1. The molecule has 8 heteroatoms. The van der Waals surface area contributed by atoms with E-state index in [0.717, 1.165) is 6.42 Å². The molecule has 0 saturated heterocycles. The van der Waals surface area contributed by atoms with E-state index < -0.39 is 16.4 Å². The van der Waals surface area contributed by atoms with Crippen molar-refractivity contribution in [3.8, 4) is 5.75 Å². The summed E-state index contributed by atoms with van der Waals surface area (Å²) in [5.74, 6) is -0.803. The topological polar surface area (TPSA) is 102 Å². The summed E-state index contributed by atoms with van der Waals surface area (Å²) in [6, 6.07) is 4.15. The summed E-state index contributed by atoms with van der Waals surface area (Å²) in [6.07, 6.45) is 0.783. The molecule has 0 amide bonds. The number of carbonyl (C=O) groups is 1. The highest BCUT2D eigenvalue weighted by Gasteiger charge is 2.33. The van der Waals surface area contributed by atoms with E-state index in [1.807, 2.05) is 6.92 Å². The van der Waals surface area contributed by atoms with Gasteiger partial charge in [-0.15, -0.1) is 0 Å². The van der Waals surface area contributed by atoms with Gasteiger partial charge in [-0.1, -0.05) is 22.9 Å². The SMILES string of the molecule is CCCNC(C)(COc1cc(Br)cc([N+](=O)[O-])c1)C(=O)O. The second kappa shape index (κ2) is 7.37. The van der Waals surface area contributed by atoms with E-state index in [0.29, 0.717) is 11.0 Å². The lowest BCUT2D eigenvalue weighted by molar-refractivity contribution is -0.385. The van der Waals surface area contributed by atoms with Gasteiger partial charge in [-0.2, -0.15) is 0 Å². The minimum atomic E-state index is -1.26. The van der Waals surface area contributed by atoms with Gasteiger partial charge >= 0.3 is 5.97 Å². The van der Waals surface area contributed by atoms with E-state index in [9.17, 15) is 20.0 Å². The molecule has 0 aromatic heterocycles. The van der Waals surface area contributed by atoms with Crippen molar-refractivity contribution in [2.24, 2.45) is 0 Å². The summed E-state index contributed by atoms with van der Waals surface area (Å²) in [7, 11) is 0. The number of carboxylic acids is 1. The molecule has 1 unspecified atom stereocenters. The highest BCUT2D eigenvalue weighted by atomic mass is 79.9. The number of halogens is 1. The van der Waals surface area contributed by atoms with Gasteiger partial charge in [0.15, 0.2) is 0 Å². The Morgan fingerprint density at radius 3 is 2.71 bits per heavy atom. The van der Waals surface area contributed by atoms with Crippen molar-refractivity contribution < 1.29 is 19.6 Å². The molecule has 0 saturated carbocycles. The number of nitro groups is 1. The van der Waals surface area contributed by atoms with Crippen molar-refractivity contribution in [1.29, 1.82) is 0 Å². The molecule has 1 aromatic rings. The fourth-order valence-corrected chi connectivity index (χ4v) is 2.01. The molecular formula is C13H17BrN2O5. The molecule has 7 nitrogen and oxygen atoms in total. The average Bonchev–Trinajstić information content (AvgIpc) is 2.42. The van der Waals surface area contributed by atoms with Crippen LogP contribution < -0.4 is 10.1 Å². The largest absolute Gasteiger partial charge is 0.491 e. The van der Waals surface area contributed by atoms with Gasteiger partial charge < -0.3 is 9.84 Å². The average molecular weight is 361 g/mol. The molecule has 0 radical (unpaired) electrons. The Labute approximate surface area is 130 Å². The summed E-state index contributed by atoms with van der Waals surface area (Å²) in [5.41, 5.74) is -1.38. The van der Waals surface area contributed by atoms with Gasteiger partial charge in [0.2, 0.25) is 0 Å². The first-order valence-corrected chi connectivity index (χ1v) is 7.14. The number of nitrogens with zero attached hydrogens (tertiary/aromatic N) is 1. The smallest absolute Gasteiger partial charge is 0.327 e. The lowest BCUT2D eigenvalue weighted by Gasteiger charge is -2.26. The number of rotatable bonds is 8. The van der Waals surface area contributed by atoms with Crippen LogP contribution in [0.15, 0.2) is 22.7 Å². The molecule has 21 heavy (non-hydrogen) atoms. The highest BCUT2D eigenvalue weighted by molar-refractivity contribution is 9.10. The highest BCUT2D eigenvalue weighted by Crippen LogP contribution is 2.26. The van der Waals surface area contributed by atoms with Crippen LogP contribution in [0.25, 0.3) is 0 Å². The minimum absolute atomic E-state index is 0.127. The van der Waals surface area contributed by atoms with Gasteiger partial charge in [0.25, 0.3) is 5.69 Å². The number of nitro benzene ring substituents is 1. The monoisotopic (exact) mass is 360 g/mol. The zero-order valence-corrected chi connectivity index (χ0v) is 13.3. The summed E-state index contributed by atoms with van der Waals surface area (Å²) in [6.45, 7) is 3.83. The molecule has 2 N–H and O–H groups in total. The van der Waals surface area contributed by atoms with Crippen LogP contribution in [0.1, 0.15) is 20.3 Å². The third-order valence-corrected chi connectivity index (χ3v) is 3.29. The minimum Gasteiger partial charge on any atom is -0.491 e. The molecule has 0 aliphatic heterocycles. The zero-order valence-electron chi connectivity index (χ0n) is 11.8. The van der Waals surface area contributed by atoms with Crippen molar-refractivity contribution in [2.75, 3.05) is 13.2 Å². The van der Waals surface area contributed by atoms with Gasteiger partial charge in [-0.3, -0.25) is 20.2 Å². The van der Waals surface area contributed by atoms with Crippen LogP contribution in [0.4, 0.5) is 5.69 Å². The molecule has 0 bridgehead atoms. The van der Waals surface area contributed by atoms with Crippen molar-refractivity contribution >= 4 is 27.6 Å². The lowest BCUT2D eigenvalue weighted by atomic mass is 10.0. The van der Waals surface area contributed by atoms with Gasteiger partial charge in [-0.25, -0.2) is 0 Å². The Morgan fingerprint density at radius 2 is 2.19 bits per heavy atom. The van der Waals surface area contributed by atoms with Gasteiger partial charge in [0.05, 0.1) is 11.0 Å². The second-order valence-electron chi connectivity index (χ2n) is 4.75. The predicted molar refractivity (Wildman–Crippen MR) is 80.6 cm³/mol. The van der Waals surface area contributed by atoms with Crippen LogP contribution in [0.2, 0.25) is 0 Å². The van der Waals surface area contributed by atoms with Crippen LogP contribution in [0.5, 0.6) is 5.75 Å². The van der Waals surface area contributed by atoms with Crippen molar-refractivity contribution in [3.05, 3.63) is 32.8 Å². The van der Waals surface area contributed by atoms with Crippen LogP contribution in [-0.4, -0.2) is 34.7 Å². The molecule has 0 aliphatic rings. The first-order chi connectivity index (χ1) is 9.78. The Hall–Kier alpha value is -1.67. The molecule has 0 fully saturated rings. The normalized spacial score (nSPS) is 13.5. The van der Waals surface area contributed by atoms with Crippen molar-refractivity contribution in [1.82, 2.24) is 5.32 Å². The summed E-state index contributed by atoms with van der Waals surface area (Å²) >= 11 is 3.16. The Kier molecular flexibility index (Phi) is 6.10. The summed E-state index contributed by atoms with van der Waals surface area (Å²) in [5, 5.41) is 23.0. The maximum atomic E-state index is 11.3. The van der Waals surface area contributed by atoms with Crippen LogP contribution in [-0.2, 0) is 4.79 Å². The predicted octanol–water partition coefficient (Wildman–Crippen LogP) is 2.58. The fourth-order valence-electron chi connectivity index (χ4n) is 1.55. The van der Waals surface area contributed by atoms with E-state index in [-0.39, 0.29) is 18.0 Å². The molecule has 0 heterocycles. The van der Waals surface area contributed by atoms with E-state index in [4.69, 9.17) is 4.74 Å². The Balaban J connectivity index is 2.85. The first-order valence-electron chi connectivity index (χ1n) is 6.34. The van der Waals surface area contributed by atoms with Gasteiger partial charge in [0, 0.05) is 10.5 Å². The second-order valence-corrected chi connectivity index (χ2v) is 5.67. The van der Waals surface area contributed by atoms with E-state index in [1.165, 1.54) is 19.1 Å². The third-order valence-electron chi connectivity index (χ3n) is 2.83. The first kappa shape index (κ1) is 17.4. The Bertz CT molecular complexity index is 537. The quantitative estimate of drug-likeness (QED) is 0.545. The molecule has 116 valence electrons. The summed E-state index contributed by atoms with van der Waals surface area (Å²) < 4.78 is 5.91. The molecule has 0 spiro atoms. The van der Waals surface area contributed by atoms with Crippen LogP contribution in [0, 0.1) is 10.1 Å². The van der Waals surface area contributed by atoms with E-state index in [1.54, 1.807) is 6.07 Å². The number of non-ortho nitro benzene ring substituents is 1. The number of benzene rings is 1. The van der Waals surface area contributed by atoms with E-state index in [2.05, 4.69) is 21.2 Å². The lowest BCUT2D eigenvalue weighted by Crippen LogP contribution is -2.54. The number of hydrogen-bond donors (Lipinski definition) is 2. The number of nitrogens with one attached hydrogen (secondary N) is 1. The summed E-state index contributed by atoms with van der Waals surface area (Å²) in [4.78, 5) is 21.6. The maximum Gasteiger partial charge on any atom is 0.327 e. The number of hydrogen-bond acceptors (Lipinski definition) is 5. The zero-order chi connectivity index (χ0) is 16.0. The fraction of sp³-hybridized carbons (Fsp3) is 0.462. The number of ether oxygens (including phenoxy) is 1. The molecule has 1 rings (SSSR count). The van der Waals surface area contributed by atoms with E-state index >= 15 is 0 Å². The molecular weight excluding hydrogens is 344 g/mol. The van der Waals surface area contributed by atoms with Crippen LogP contribution >= 0.6 is 15.9 Å². The molecule has 0 aliphatic carbocycles. The third kappa shape index (κ3) is 4.98. The van der Waals surface area contributed by atoms with Crippen molar-refractivity contribution in [2.45, 2.75) is 25.8 Å². The number of aliphatic carboxylic acids is 1. The molecule has 1 atom stereocenters.